The van der Waals surface area contributed by atoms with Gasteiger partial charge < -0.3 is 11.1 Å². The van der Waals surface area contributed by atoms with Crippen molar-refractivity contribution in [1.29, 1.82) is 0 Å². The maximum Gasteiger partial charge on any atom is 0.248 e. The molecule has 1 aliphatic heterocycles. The molecule has 0 aliphatic carbocycles. The molecule has 1 amide bonds. The molecule has 2 rings (SSSR count). The fourth-order valence-corrected chi connectivity index (χ4v) is 2.98. The molecule has 0 aromatic heterocycles. The minimum atomic E-state index is -0.363. The normalized spacial score (nSPS) is 18.9. The second kappa shape index (κ2) is 8.15. The van der Waals surface area contributed by atoms with Gasteiger partial charge in [-0.2, -0.15) is 0 Å². The topological polar surface area (TPSA) is 58.4 Å². The van der Waals surface area contributed by atoms with Gasteiger partial charge in [-0.05, 0) is 50.0 Å². The Hall–Kier alpha value is -1.39. The lowest BCUT2D eigenvalue weighted by Gasteiger charge is -2.30. The fourth-order valence-electron chi connectivity index (χ4n) is 2.98. The Morgan fingerprint density at radius 1 is 1.33 bits per heavy atom. The van der Waals surface area contributed by atoms with Crippen molar-refractivity contribution in [2.75, 3.05) is 19.6 Å². The zero-order valence-electron chi connectivity index (χ0n) is 13.0. The number of rotatable bonds is 7. The van der Waals surface area contributed by atoms with Gasteiger partial charge in [-0.15, -0.1) is 0 Å². The van der Waals surface area contributed by atoms with E-state index in [2.05, 4.69) is 17.1 Å². The summed E-state index contributed by atoms with van der Waals surface area (Å²) in [5.74, 6) is -0.363. The van der Waals surface area contributed by atoms with Crippen LogP contribution in [0.25, 0.3) is 0 Å². The number of benzene rings is 1. The molecule has 4 heteroatoms. The van der Waals surface area contributed by atoms with Crippen LogP contribution in [-0.2, 0) is 6.54 Å². The van der Waals surface area contributed by atoms with Gasteiger partial charge in [-0.25, -0.2) is 0 Å². The molecule has 1 fully saturated rings. The number of hydrogen-bond acceptors (Lipinski definition) is 3. The van der Waals surface area contributed by atoms with Crippen molar-refractivity contribution in [2.24, 2.45) is 5.73 Å². The summed E-state index contributed by atoms with van der Waals surface area (Å²) in [5.41, 5.74) is 7.10. The Balaban J connectivity index is 1.92. The third-order valence-electron chi connectivity index (χ3n) is 4.08. The molecule has 0 radical (unpaired) electrons. The van der Waals surface area contributed by atoms with Crippen molar-refractivity contribution in [1.82, 2.24) is 10.2 Å². The smallest absolute Gasteiger partial charge is 0.248 e. The van der Waals surface area contributed by atoms with Gasteiger partial charge in [0.05, 0.1) is 0 Å². The monoisotopic (exact) mass is 289 g/mol. The lowest BCUT2D eigenvalue weighted by molar-refractivity contribution is 0.100. The van der Waals surface area contributed by atoms with E-state index in [1.807, 2.05) is 24.3 Å². The van der Waals surface area contributed by atoms with E-state index in [0.717, 1.165) is 32.6 Å². The van der Waals surface area contributed by atoms with E-state index < -0.39 is 0 Å². The summed E-state index contributed by atoms with van der Waals surface area (Å²) < 4.78 is 0. The summed E-state index contributed by atoms with van der Waals surface area (Å²) in [7, 11) is 0. The van der Waals surface area contributed by atoms with Gasteiger partial charge in [-0.1, -0.05) is 25.5 Å². The first-order valence-electron chi connectivity index (χ1n) is 8.03. The van der Waals surface area contributed by atoms with Gasteiger partial charge >= 0.3 is 0 Å². The molecule has 1 unspecified atom stereocenters. The molecule has 1 heterocycles. The highest BCUT2D eigenvalue weighted by Gasteiger charge is 2.16. The average molecular weight is 289 g/mol. The van der Waals surface area contributed by atoms with Gasteiger partial charge in [0.2, 0.25) is 5.91 Å². The van der Waals surface area contributed by atoms with Crippen molar-refractivity contribution in [3.63, 3.8) is 0 Å². The van der Waals surface area contributed by atoms with Crippen LogP contribution in [0.2, 0.25) is 0 Å². The SMILES string of the molecule is CCCN(Cc1ccc(C(N)=O)cc1)CC1CCCCN1. The van der Waals surface area contributed by atoms with E-state index in [1.54, 1.807) is 0 Å². The first-order valence-corrected chi connectivity index (χ1v) is 8.03. The van der Waals surface area contributed by atoms with E-state index >= 15 is 0 Å². The molecule has 0 spiro atoms. The minimum Gasteiger partial charge on any atom is -0.366 e. The molecule has 21 heavy (non-hydrogen) atoms. The van der Waals surface area contributed by atoms with Crippen molar-refractivity contribution in [3.8, 4) is 0 Å². The highest BCUT2D eigenvalue weighted by Crippen LogP contribution is 2.12. The van der Waals surface area contributed by atoms with Crippen molar-refractivity contribution in [3.05, 3.63) is 35.4 Å². The Bertz CT molecular complexity index is 438. The van der Waals surface area contributed by atoms with E-state index in [9.17, 15) is 4.79 Å². The zero-order chi connectivity index (χ0) is 15.1. The van der Waals surface area contributed by atoms with E-state index in [-0.39, 0.29) is 5.91 Å². The van der Waals surface area contributed by atoms with E-state index in [4.69, 9.17) is 5.73 Å². The highest BCUT2D eigenvalue weighted by molar-refractivity contribution is 5.92. The Kier molecular flexibility index (Phi) is 6.21. The molecule has 1 aliphatic rings. The van der Waals surface area contributed by atoms with E-state index in [1.165, 1.54) is 24.8 Å². The van der Waals surface area contributed by atoms with Crippen molar-refractivity contribution in [2.45, 2.75) is 45.2 Å². The number of primary amides is 1. The van der Waals surface area contributed by atoms with Crippen LogP contribution in [0.15, 0.2) is 24.3 Å². The van der Waals surface area contributed by atoms with Crippen molar-refractivity contribution >= 4 is 5.91 Å². The van der Waals surface area contributed by atoms with Gasteiger partial charge in [0.25, 0.3) is 0 Å². The molecular formula is C17H27N3O. The van der Waals surface area contributed by atoms with Gasteiger partial charge in [0.15, 0.2) is 0 Å². The van der Waals surface area contributed by atoms with Gasteiger partial charge in [-0.3, -0.25) is 9.69 Å². The third-order valence-corrected chi connectivity index (χ3v) is 4.08. The second-order valence-electron chi connectivity index (χ2n) is 5.94. The Morgan fingerprint density at radius 2 is 2.10 bits per heavy atom. The van der Waals surface area contributed by atoms with Crippen LogP contribution in [0.3, 0.4) is 0 Å². The highest BCUT2D eigenvalue weighted by atomic mass is 16.1. The summed E-state index contributed by atoms with van der Waals surface area (Å²) in [5, 5.41) is 3.61. The maximum absolute atomic E-state index is 11.1. The first-order chi connectivity index (χ1) is 10.2. The largest absolute Gasteiger partial charge is 0.366 e. The molecule has 0 bridgehead atoms. The van der Waals surface area contributed by atoms with Gasteiger partial charge in [0.1, 0.15) is 0 Å². The molecule has 0 saturated carbocycles. The summed E-state index contributed by atoms with van der Waals surface area (Å²) in [4.78, 5) is 13.6. The standard InChI is InChI=1S/C17H27N3O/c1-2-11-20(13-16-5-3-4-10-19-16)12-14-6-8-15(9-7-14)17(18)21/h6-9,16,19H,2-5,10-13H2,1H3,(H2,18,21). The summed E-state index contributed by atoms with van der Waals surface area (Å²) in [6, 6.07) is 8.28. The number of nitrogens with zero attached hydrogens (tertiary/aromatic N) is 1. The van der Waals surface area contributed by atoms with Crippen molar-refractivity contribution < 1.29 is 4.79 Å². The maximum atomic E-state index is 11.1. The number of hydrogen-bond donors (Lipinski definition) is 2. The number of carbonyl (C=O) groups is 1. The molecule has 1 aromatic rings. The first kappa shape index (κ1) is 16.0. The summed E-state index contributed by atoms with van der Waals surface area (Å²) in [6.07, 6.45) is 5.08. The van der Waals surface area contributed by atoms with Crippen LogP contribution in [0, 0.1) is 0 Å². The minimum absolute atomic E-state index is 0.363. The van der Waals surface area contributed by atoms with Crippen LogP contribution in [0.4, 0.5) is 0 Å². The lowest BCUT2D eigenvalue weighted by atomic mass is 10.0. The average Bonchev–Trinajstić information content (AvgIpc) is 2.49. The molecule has 4 nitrogen and oxygen atoms in total. The zero-order valence-corrected chi connectivity index (χ0v) is 13.0. The van der Waals surface area contributed by atoms with Crippen LogP contribution in [0.5, 0.6) is 0 Å². The summed E-state index contributed by atoms with van der Waals surface area (Å²) in [6.45, 7) is 6.52. The lowest BCUT2D eigenvalue weighted by Crippen LogP contribution is -2.43. The molecule has 1 saturated heterocycles. The molecule has 3 N–H and O–H groups in total. The van der Waals surface area contributed by atoms with Crippen LogP contribution < -0.4 is 11.1 Å². The number of piperidine rings is 1. The van der Waals surface area contributed by atoms with E-state index in [0.29, 0.717) is 11.6 Å². The molecule has 116 valence electrons. The Labute approximate surface area is 127 Å². The van der Waals surface area contributed by atoms with Crippen LogP contribution in [0.1, 0.15) is 48.5 Å². The molecule has 1 aromatic carbocycles. The molecular weight excluding hydrogens is 262 g/mol. The quantitative estimate of drug-likeness (QED) is 0.808. The number of carbonyl (C=O) groups excluding carboxylic acids is 1. The summed E-state index contributed by atoms with van der Waals surface area (Å²) >= 11 is 0. The third kappa shape index (κ3) is 5.14. The fraction of sp³-hybridized carbons (Fsp3) is 0.588. The predicted octanol–water partition coefficient (Wildman–Crippen LogP) is 2.14. The van der Waals surface area contributed by atoms with Crippen LogP contribution in [-0.4, -0.2) is 36.5 Å². The van der Waals surface area contributed by atoms with Gasteiger partial charge in [0, 0.05) is 24.7 Å². The predicted molar refractivity (Wildman–Crippen MR) is 86.2 cm³/mol. The van der Waals surface area contributed by atoms with Crippen LogP contribution >= 0.6 is 0 Å². The molecule has 1 atom stereocenters. The second-order valence-corrected chi connectivity index (χ2v) is 5.94. The number of amides is 1. The number of nitrogens with two attached hydrogens (primary N) is 1. The number of nitrogens with one attached hydrogen (secondary N) is 1. The Morgan fingerprint density at radius 3 is 2.67 bits per heavy atom.